The minimum absolute atomic E-state index is 0.206. The third kappa shape index (κ3) is 4.57. The SMILES string of the molecule is COC(CNC(=O)c1cccn1CC(F)(F)F)C(=O)O. The molecule has 0 spiro atoms. The average Bonchev–Trinajstić information content (AvgIpc) is 2.74. The van der Waals surface area contributed by atoms with Crippen LogP contribution in [0.1, 0.15) is 10.5 Å². The molecule has 20 heavy (non-hydrogen) atoms. The van der Waals surface area contributed by atoms with Crippen LogP contribution in [0.3, 0.4) is 0 Å². The van der Waals surface area contributed by atoms with Crippen LogP contribution in [0, 0.1) is 0 Å². The fourth-order valence-corrected chi connectivity index (χ4v) is 1.50. The van der Waals surface area contributed by atoms with Crippen molar-refractivity contribution in [1.82, 2.24) is 9.88 Å². The number of aliphatic carboxylic acids is 1. The van der Waals surface area contributed by atoms with Gasteiger partial charge in [-0.2, -0.15) is 13.2 Å². The number of ether oxygens (including phenoxy) is 1. The highest BCUT2D eigenvalue weighted by atomic mass is 19.4. The minimum atomic E-state index is -4.45. The van der Waals surface area contributed by atoms with E-state index in [1.807, 2.05) is 0 Å². The summed E-state index contributed by atoms with van der Waals surface area (Å²) in [5, 5.41) is 10.9. The van der Waals surface area contributed by atoms with Crippen LogP contribution >= 0.6 is 0 Å². The number of carbonyl (C=O) groups excluding carboxylic acids is 1. The first-order chi connectivity index (χ1) is 9.24. The monoisotopic (exact) mass is 294 g/mol. The number of aromatic nitrogens is 1. The Morgan fingerprint density at radius 1 is 1.50 bits per heavy atom. The number of alkyl halides is 3. The molecule has 0 aliphatic rings. The van der Waals surface area contributed by atoms with Crippen LogP contribution in [-0.4, -0.2) is 47.5 Å². The topological polar surface area (TPSA) is 80.6 Å². The summed E-state index contributed by atoms with van der Waals surface area (Å²) < 4.78 is 42.2. The number of carboxylic acids is 1. The maximum Gasteiger partial charge on any atom is 0.406 e. The molecule has 0 saturated carbocycles. The number of carboxylic acid groups (broad SMARTS) is 1. The van der Waals surface area contributed by atoms with Crippen molar-refractivity contribution in [2.75, 3.05) is 13.7 Å². The smallest absolute Gasteiger partial charge is 0.406 e. The summed E-state index contributed by atoms with van der Waals surface area (Å²) in [6.45, 7) is -1.64. The molecule has 6 nitrogen and oxygen atoms in total. The summed E-state index contributed by atoms with van der Waals surface area (Å²) in [6.07, 6.45) is -4.60. The van der Waals surface area contributed by atoms with E-state index in [-0.39, 0.29) is 12.2 Å². The Balaban J connectivity index is 2.69. The fourth-order valence-electron chi connectivity index (χ4n) is 1.50. The highest BCUT2D eigenvalue weighted by molar-refractivity contribution is 5.93. The Bertz CT molecular complexity index is 484. The normalized spacial score (nSPS) is 13.0. The molecular formula is C11H13F3N2O4. The number of hydrogen-bond acceptors (Lipinski definition) is 3. The van der Waals surface area contributed by atoms with E-state index in [0.717, 1.165) is 17.9 Å². The predicted molar refractivity (Wildman–Crippen MR) is 61.3 cm³/mol. The van der Waals surface area contributed by atoms with Crippen LogP contribution in [0.2, 0.25) is 0 Å². The zero-order valence-corrected chi connectivity index (χ0v) is 10.5. The molecule has 1 atom stereocenters. The molecule has 112 valence electrons. The Morgan fingerprint density at radius 2 is 2.15 bits per heavy atom. The van der Waals surface area contributed by atoms with Gasteiger partial charge in [0.2, 0.25) is 0 Å². The number of nitrogens with one attached hydrogen (secondary N) is 1. The van der Waals surface area contributed by atoms with Crippen molar-refractivity contribution in [3.63, 3.8) is 0 Å². The largest absolute Gasteiger partial charge is 0.479 e. The Hall–Kier alpha value is -2.03. The highest BCUT2D eigenvalue weighted by Gasteiger charge is 2.29. The van der Waals surface area contributed by atoms with Crippen molar-refractivity contribution in [2.45, 2.75) is 18.8 Å². The van der Waals surface area contributed by atoms with E-state index in [9.17, 15) is 22.8 Å². The van der Waals surface area contributed by atoms with Crippen LogP contribution in [-0.2, 0) is 16.1 Å². The van der Waals surface area contributed by atoms with Gasteiger partial charge in [0.25, 0.3) is 5.91 Å². The third-order valence-corrected chi connectivity index (χ3v) is 2.42. The van der Waals surface area contributed by atoms with E-state index in [1.165, 1.54) is 12.1 Å². The van der Waals surface area contributed by atoms with Gasteiger partial charge < -0.3 is 19.7 Å². The van der Waals surface area contributed by atoms with Crippen LogP contribution in [0.5, 0.6) is 0 Å². The van der Waals surface area contributed by atoms with Gasteiger partial charge in [0.05, 0.1) is 6.54 Å². The summed E-state index contributed by atoms with van der Waals surface area (Å²) in [5.74, 6) is -2.08. The number of carbonyl (C=O) groups is 2. The fraction of sp³-hybridized carbons (Fsp3) is 0.455. The van der Waals surface area contributed by atoms with Crippen molar-refractivity contribution in [3.8, 4) is 0 Å². The highest BCUT2D eigenvalue weighted by Crippen LogP contribution is 2.18. The summed E-state index contributed by atoms with van der Waals surface area (Å²) in [4.78, 5) is 22.4. The molecule has 0 radical (unpaired) electrons. The molecule has 1 heterocycles. The standard InChI is InChI=1S/C11H13F3N2O4/c1-20-8(10(18)19)5-15-9(17)7-3-2-4-16(7)6-11(12,13)14/h2-4,8H,5-6H2,1H3,(H,15,17)(H,18,19). The molecule has 1 amide bonds. The molecule has 0 bridgehead atoms. The zero-order chi connectivity index (χ0) is 15.3. The van der Waals surface area contributed by atoms with Gasteiger partial charge in [-0.3, -0.25) is 4.79 Å². The van der Waals surface area contributed by atoms with Crippen LogP contribution < -0.4 is 5.32 Å². The van der Waals surface area contributed by atoms with Crippen molar-refractivity contribution in [3.05, 3.63) is 24.0 Å². The third-order valence-electron chi connectivity index (χ3n) is 2.42. The Kier molecular flexibility index (Phi) is 5.14. The maximum atomic E-state index is 12.3. The lowest BCUT2D eigenvalue weighted by Crippen LogP contribution is -2.38. The van der Waals surface area contributed by atoms with Gasteiger partial charge in [0.1, 0.15) is 12.2 Å². The van der Waals surface area contributed by atoms with Crippen LogP contribution in [0.4, 0.5) is 13.2 Å². The first-order valence-corrected chi connectivity index (χ1v) is 5.50. The quantitative estimate of drug-likeness (QED) is 0.816. The molecule has 1 rings (SSSR count). The Labute approximate surface area is 112 Å². The van der Waals surface area contributed by atoms with Crippen molar-refractivity contribution in [1.29, 1.82) is 0 Å². The molecule has 2 N–H and O–H groups in total. The molecule has 9 heteroatoms. The van der Waals surface area contributed by atoms with Gasteiger partial charge in [-0.25, -0.2) is 4.79 Å². The van der Waals surface area contributed by atoms with Crippen LogP contribution in [0.15, 0.2) is 18.3 Å². The number of hydrogen-bond donors (Lipinski definition) is 2. The molecule has 0 aromatic carbocycles. The average molecular weight is 294 g/mol. The second kappa shape index (κ2) is 6.42. The number of rotatable bonds is 6. The van der Waals surface area contributed by atoms with Gasteiger partial charge in [-0.05, 0) is 12.1 Å². The first-order valence-electron chi connectivity index (χ1n) is 5.50. The predicted octanol–water partition coefficient (Wildman–Crippen LogP) is 0.880. The van der Waals surface area contributed by atoms with Gasteiger partial charge in [-0.15, -0.1) is 0 Å². The maximum absolute atomic E-state index is 12.3. The van der Waals surface area contributed by atoms with E-state index in [1.54, 1.807) is 0 Å². The zero-order valence-electron chi connectivity index (χ0n) is 10.5. The molecule has 0 saturated heterocycles. The molecule has 1 unspecified atom stereocenters. The van der Waals surface area contributed by atoms with E-state index in [4.69, 9.17) is 5.11 Å². The van der Waals surface area contributed by atoms with E-state index < -0.39 is 30.7 Å². The van der Waals surface area contributed by atoms with Crippen molar-refractivity contribution >= 4 is 11.9 Å². The molecule has 1 aromatic rings. The lowest BCUT2D eigenvalue weighted by molar-refractivity contribution is -0.148. The number of methoxy groups -OCH3 is 1. The number of amides is 1. The summed E-state index contributed by atoms with van der Waals surface area (Å²) in [5.41, 5.74) is -0.206. The lowest BCUT2D eigenvalue weighted by Gasteiger charge is -2.14. The minimum Gasteiger partial charge on any atom is -0.479 e. The van der Waals surface area contributed by atoms with E-state index >= 15 is 0 Å². The van der Waals surface area contributed by atoms with Gasteiger partial charge in [0.15, 0.2) is 6.10 Å². The summed E-state index contributed by atoms with van der Waals surface area (Å²) in [7, 11) is 1.15. The molecular weight excluding hydrogens is 281 g/mol. The number of nitrogens with zero attached hydrogens (tertiary/aromatic N) is 1. The molecule has 0 aliphatic heterocycles. The van der Waals surface area contributed by atoms with E-state index in [2.05, 4.69) is 10.1 Å². The molecule has 1 aromatic heterocycles. The van der Waals surface area contributed by atoms with Crippen LogP contribution in [0.25, 0.3) is 0 Å². The van der Waals surface area contributed by atoms with Gasteiger partial charge in [-0.1, -0.05) is 0 Å². The van der Waals surface area contributed by atoms with Crippen molar-refractivity contribution in [2.24, 2.45) is 0 Å². The summed E-state index contributed by atoms with van der Waals surface area (Å²) in [6, 6.07) is 2.51. The second-order valence-electron chi connectivity index (χ2n) is 3.91. The Morgan fingerprint density at radius 3 is 2.65 bits per heavy atom. The molecule has 0 fully saturated rings. The summed E-state index contributed by atoms with van der Waals surface area (Å²) >= 11 is 0. The number of halogens is 3. The van der Waals surface area contributed by atoms with Gasteiger partial charge in [0, 0.05) is 13.3 Å². The van der Waals surface area contributed by atoms with Gasteiger partial charge >= 0.3 is 12.1 Å². The molecule has 0 aliphatic carbocycles. The lowest BCUT2D eigenvalue weighted by atomic mass is 10.3. The van der Waals surface area contributed by atoms with Crippen molar-refractivity contribution < 1.29 is 32.6 Å². The second-order valence-corrected chi connectivity index (χ2v) is 3.91. The first kappa shape index (κ1) is 16.0. The van der Waals surface area contributed by atoms with E-state index in [0.29, 0.717) is 0 Å².